The lowest BCUT2D eigenvalue weighted by atomic mass is 9.74. The largest absolute Gasteiger partial charge is 0.340 e. The van der Waals surface area contributed by atoms with Crippen LogP contribution in [0.1, 0.15) is 38.3 Å². The molecule has 3 heterocycles. The summed E-state index contributed by atoms with van der Waals surface area (Å²) in [6.45, 7) is 6.26. The van der Waals surface area contributed by atoms with Crippen LogP contribution >= 0.6 is 0 Å². The van der Waals surface area contributed by atoms with Crippen LogP contribution in [0.15, 0.2) is 30.6 Å². The molecular weight excluding hydrogens is 326 g/mol. The van der Waals surface area contributed by atoms with Gasteiger partial charge in [0.1, 0.15) is 5.65 Å². The summed E-state index contributed by atoms with van der Waals surface area (Å²) in [5, 5.41) is 0. The van der Waals surface area contributed by atoms with Crippen molar-refractivity contribution in [2.24, 2.45) is 11.7 Å². The topological polar surface area (TPSA) is 66.9 Å². The number of aromatic nitrogens is 2. The van der Waals surface area contributed by atoms with Crippen LogP contribution in [0.5, 0.6) is 0 Å². The van der Waals surface area contributed by atoms with Gasteiger partial charge in [0.2, 0.25) is 5.91 Å². The van der Waals surface area contributed by atoms with Crippen molar-refractivity contribution in [2.45, 2.75) is 44.7 Å². The predicted octanol–water partition coefficient (Wildman–Crippen LogP) is 1.89. The first-order valence-electron chi connectivity index (χ1n) is 9.75. The number of nitrogens with two attached hydrogens (primary N) is 1. The highest BCUT2D eigenvalue weighted by Crippen LogP contribution is 2.33. The SMILES string of the molecule is CC1(N)CCCCC1C(=O)N1CCN(Cc2cn3ccccc3n2)CC1. The number of carbonyl (C=O) groups is 1. The molecule has 0 aromatic carbocycles. The van der Waals surface area contributed by atoms with Crippen LogP contribution in [-0.4, -0.2) is 56.8 Å². The van der Waals surface area contributed by atoms with Gasteiger partial charge in [0.25, 0.3) is 0 Å². The summed E-state index contributed by atoms with van der Waals surface area (Å²) in [5.41, 5.74) is 8.15. The Morgan fingerprint density at radius 2 is 2.08 bits per heavy atom. The zero-order valence-electron chi connectivity index (χ0n) is 15.6. The van der Waals surface area contributed by atoms with E-state index in [1.807, 2.05) is 36.2 Å². The molecule has 140 valence electrons. The lowest BCUT2D eigenvalue weighted by Gasteiger charge is -2.42. The molecule has 2 aliphatic rings. The maximum atomic E-state index is 13.0. The first-order valence-corrected chi connectivity index (χ1v) is 9.75. The lowest BCUT2D eigenvalue weighted by molar-refractivity contribution is -0.140. The minimum atomic E-state index is -0.344. The molecule has 1 aliphatic carbocycles. The van der Waals surface area contributed by atoms with Crippen LogP contribution in [0.3, 0.4) is 0 Å². The molecule has 2 unspecified atom stereocenters. The fourth-order valence-corrected chi connectivity index (χ4v) is 4.40. The summed E-state index contributed by atoms with van der Waals surface area (Å²) in [6, 6.07) is 6.04. The molecule has 4 rings (SSSR count). The second-order valence-electron chi connectivity index (χ2n) is 8.10. The number of piperazine rings is 1. The second kappa shape index (κ2) is 7.00. The van der Waals surface area contributed by atoms with Crippen LogP contribution in [0.25, 0.3) is 5.65 Å². The molecule has 2 aromatic heterocycles. The van der Waals surface area contributed by atoms with Crippen molar-refractivity contribution < 1.29 is 4.79 Å². The third kappa shape index (κ3) is 3.48. The fourth-order valence-electron chi connectivity index (χ4n) is 4.40. The van der Waals surface area contributed by atoms with Crippen molar-refractivity contribution in [3.63, 3.8) is 0 Å². The Bertz CT molecular complexity index is 742. The summed E-state index contributed by atoms with van der Waals surface area (Å²) < 4.78 is 2.06. The van der Waals surface area contributed by atoms with E-state index in [4.69, 9.17) is 5.73 Å². The zero-order valence-corrected chi connectivity index (χ0v) is 15.6. The molecule has 1 amide bonds. The molecule has 6 heteroatoms. The summed E-state index contributed by atoms with van der Waals surface area (Å²) in [4.78, 5) is 22.1. The minimum absolute atomic E-state index is 0.0127. The average Bonchev–Trinajstić information content (AvgIpc) is 3.04. The number of amides is 1. The Morgan fingerprint density at radius 3 is 2.81 bits per heavy atom. The van der Waals surface area contributed by atoms with Gasteiger partial charge >= 0.3 is 0 Å². The molecule has 2 fully saturated rings. The molecule has 1 saturated heterocycles. The molecule has 2 aromatic rings. The van der Waals surface area contributed by atoms with E-state index in [0.29, 0.717) is 0 Å². The van der Waals surface area contributed by atoms with Crippen molar-refractivity contribution >= 4 is 11.6 Å². The van der Waals surface area contributed by atoms with E-state index in [0.717, 1.165) is 69.7 Å². The van der Waals surface area contributed by atoms with E-state index >= 15 is 0 Å². The van der Waals surface area contributed by atoms with Gasteiger partial charge in [-0.2, -0.15) is 0 Å². The van der Waals surface area contributed by atoms with Crippen LogP contribution in [0.2, 0.25) is 0 Å². The fraction of sp³-hybridized carbons (Fsp3) is 0.600. The van der Waals surface area contributed by atoms with Crippen LogP contribution in [0, 0.1) is 5.92 Å². The molecule has 0 bridgehead atoms. The van der Waals surface area contributed by atoms with E-state index in [9.17, 15) is 4.79 Å². The van der Waals surface area contributed by atoms with E-state index < -0.39 is 0 Å². The molecule has 2 atom stereocenters. The number of carbonyl (C=O) groups excluding carboxylic acids is 1. The van der Waals surface area contributed by atoms with Gasteiger partial charge in [-0.25, -0.2) is 4.98 Å². The smallest absolute Gasteiger partial charge is 0.227 e. The second-order valence-corrected chi connectivity index (χ2v) is 8.10. The van der Waals surface area contributed by atoms with Crippen LogP contribution < -0.4 is 5.73 Å². The van der Waals surface area contributed by atoms with E-state index in [2.05, 4.69) is 20.5 Å². The molecule has 0 radical (unpaired) electrons. The molecule has 2 N–H and O–H groups in total. The van der Waals surface area contributed by atoms with Gasteiger partial charge in [0, 0.05) is 50.7 Å². The number of fused-ring (bicyclic) bond motifs is 1. The first kappa shape index (κ1) is 17.5. The molecule has 26 heavy (non-hydrogen) atoms. The standard InChI is InChI=1S/C20H29N5O/c1-20(21)8-4-2-6-17(20)19(26)24-12-10-23(11-13-24)14-16-15-25-9-5-3-7-18(25)22-16/h3,5,7,9,15,17H,2,4,6,8,10-14,21H2,1H3. The third-order valence-corrected chi connectivity index (χ3v) is 6.04. The molecular formula is C20H29N5O. The van der Waals surface area contributed by atoms with E-state index in [-0.39, 0.29) is 17.4 Å². The number of pyridine rings is 1. The predicted molar refractivity (Wildman–Crippen MR) is 102 cm³/mol. The summed E-state index contributed by atoms with van der Waals surface area (Å²) in [5.74, 6) is 0.253. The quantitative estimate of drug-likeness (QED) is 0.913. The highest BCUT2D eigenvalue weighted by atomic mass is 16.2. The van der Waals surface area contributed by atoms with Crippen molar-refractivity contribution in [3.05, 3.63) is 36.3 Å². The molecule has 0 spiro atoms. The average molecular weight is 355 g/mol. The van der Waals surface area contributed by atoms with Gasteiger partial charge in [-0.3, -0.25) is 9.69 Å². The first-order chi connectivity index (χ1) is 12.5. The normalized spacial score (nSPS) is 27.8. The zero-order chi connectivity index (χ0) is 18.1. The van der Waals surface area contributed by atoms with Gasteiger partial charge in [-0.1, -0.05) is 18.9 Å². The Hall–Kier alpha value is -1.92. The Labute approximate surface area is 155 Å². The third-order valence-electron chi connectivity index (χ3n) is 6.04. The molecule has 1 saturated carbocycles. The van der Waals surface area contributed by atoms with Gasteiger partial charge < -0.3 is 15.0 Å². The number of rotatable bonds is 3. The van der Waals surface area contributed by atoms with Gasteiger partial charge in [-0.15, -0.1) is 0 Å². The summed E-state index contributed by atoms with van der Waals surface area (Å²) >= 11 is 0. The Kier molecular flexibility index (Phi) is 4.71. The van der Waals surface area contributed by atoms with Crippen LogP contribution in [-0.2, 0) is 11.3 Å². The Balaban J connectivity index is 1.34. The Morgan fingerprint density at radius 1 is 1.27 bits per heavy atom. The number of hydrogen-bond donors (Lipinski definition) is 1. The van der Waals surface area contributed by atoms with Crippen LogP contribution in [0.4, 0.5) is 0 Å². The molecule has 6 nitrogen and oxygen atoms in total. The summed E-state index contributed by atoms with van der Waals surface area (Å²) in [6.07, 6.45) is 8.27. The number of imidazole rings is 1. The molecule has 1 aliphatic heterocycles. The number of hydrogen-bond acceptors (Lipinski definition) is 4. The number of nitrogens with zero attached hydrogens (tertiary/aromatic N) is 4. The maximum Gasteiger partial charge on any atom is 0.227 e. The van der Waals surface area contributed by atoms with Crippen molar-refractivity contribution in [3.8, 4) is 0 Å². The maximum absolute atomic E-state index is 13.0. The van der Waals surface area contributed by atoms with E-state index in [1.54, 1.807) is 0 Å². The lowest BCUT2D eigenvalue weighted by Crippen LogP contribution is -2.57. The van der Waals surface area contributed by atoms with Crippen molar-refractivity contribution in [1.82, 2.24) is 19.2 Å². The highest BCUT2D eigenvalue weighted by molar-refractivity contribution is 5.80. The van der Waals surface area contributed by atoms with Gasteiger partial charge in [-0.05, 0) is 31.9 Å². The van der Waals surface area contributed by atoms with E-state index in [1.165, 1.54) is 0 Å². The van der Waals surface area contributed by atoms with Gasteiger partial charge in [0.15, 0.2) is 0 Å². The monoisotopic (exact) mass is 355 g/mol. The highest BCUT2D eigenvalue weighted by Gasteiger charge is 2.40. The van der Waals surface area contributed by atoms with Crippen molar-refractivity contribution in [1.29, 1.82) is 0 Å². The van der Waals surface area contributed by atoms with Crippen molar-refractivity contribution in [2.75, 3.05) is 26.2 Å². The van der Waals surface area contributed by atoms with Gasteiger partial charge in [0.05, 0.1) is 11.6 Å². The summed E-state index contributed by atoms with van der Waals surface area (Å²) in [7, 11) is 0. The minimum Gasteiger partial charge on any atom is -0.340 e.